The first-order valence-corrected chi connectivity index (χ1v) is 9.51. The van der Waals surface area contributed by atoms with Crippen LogP contribution in [0.25, 0.3) is 5.70 Å². The van der Waals surface area contributed by atoms with Crippen LogP contribution in [0.3, 0.4) is 0 Å². The highest BCUT2D eigenvalue weighted by Crippen LogP contribution is 2.22. The fraction of sp³-hybridized carbons (Fsp3) is 0.250. The molecule has 9 heteroatoms. The zero-order valence-corrected chi connectivity index (χ0v) is 16.0. The Labute approximate surface area is 153 Å². The van der Waals surface area contributed by atoms with E-state index in [4.69, 9.17) is 29.4 Å². The molecule has 0 radical (unpaired) electrons. The van der Waals surface area contributed by atoms with Crippen molar-refractivity contribution in [1.82, 2.24) is 0 Å². The minimum absolute atomic E-state index is 0.0598. The van der Waals surface area contributed by atoms with Gasteiger partial charge in [-0.25, -0.2) is 13.4 Å². The number of hydrogen-bond acceptors (Lipinski definition) is 5. The first kappa shape index (κ1) is 20.7. The summed E-state index contributed by atoms with van der Waals surface area (Å²) in [6.45, 7) is 6.85. The number of nitrogens with one attached hydrogen (secondary N) is 1. The third kappa shape index (κ3) is 5.57. The maximum atomic E-state index is 11.8. The lowest BCUT2D eigenvalue weighted by molar-refractivity contribution is 0.572. The van der Waals surface area contributed by atoms with Gasteiger partial charge in [0.15, 0.2) is 14.9 Å². The van der Waals surface area contributed by atoms with E-state index in [1.807, 2.05) is 0 Å². The predicted octanol–water partition coefficient (Wildman–Crippen LogP) is 1.34. The van der Waals surface area contributed by atoms with Crippen LogP contribution in [0.2, 0.25) is 0 Å². The van der Waals surface area contributed by atoms with Gasteiger partial charge >= 0.3 is 0 Å². The van der Waals surface area contributed by atoms with Crippen LogP contribution in [-0.4, -0.2) is 30.4 Å². The SMILES string of the molecule is C=C(/N=C(N)\C=C(/N)C(C)(C)S(C)(=O)=O)c1ccc(NC(N)=S)cc1. The quantitative estimate of drug-likeness (QED) is 0.331. The molecule has 25 heavy (non-hydrogen) atoms. The van der Waals surface area contributed by atoms with Gasteiger partial charge < -0.3 is 22.5 Å². The number of aliphatic imine (C=N–C) groups is 1. The fourth-order valence-corrected chi connectivity index (χ4v) is 2.29. The minimum Gasteiger partial charge on any atom is -0.401 e. The van der Waals surface area contributed by atoms with E-state index in [2.05, 4.69) is 16.9 Å². The zero-order valence-electron chi connectivity index (χ0n) is 14.4. The van der Waals surface area contributed by atoms with Crippen molar-refractivity contribution in [1.29, 1.82) is 0 Å². The van der Waals surface area contributed by atoms with Crippen molar-refractivity contribution in [2.45, 2.75) is 18.6 Å². The van der Waals surface area contributed by atoms with Gasteiger partial charge in [0, 0.05) is 23.7 Å². The third-order valence-electron chi connectivity index (χ3n) is 3.68. The van der Waals surface area contributed by atoms with Crippen molar-refractivity contribution in [3.8, 4) is 0 Å². The summed E-state index contributed by atoms with van der Waals surface area (Å²) >= 11 is 4.76. The fourth-order valence-electron chi connectivity index (χ4n) is 1.69. The van der Waals surface area contributed by atoms with Gasteiger partial charge in [0.1, 0.15) is 10.6 Å². The van der Waals surface area contributed by atoms with Crippen molar-refractivity contribution in [2.24, 2.45) is 22.2 Å². The Kier molecular flexibility index (Phi) is 6.33. The standard InChI is InChI=1S/C16H23N5O2S2/c1-10(11-5-7-12(8-6-11)21-15(19)24)20-14(18)9-13(17)16(2,3)25(4,22)23/h5-9H,1,17H2,2-4H3,(H2,18,20)(H3,19,21,24)/b13-9-. The Bertz CT molecular complexity index is 838. The average molecular weight is 382 g/mol. The Balaban J connectivity index is 3.00. The lowest BCUT2D eigenvalue weighted by Crippen LogP contribution is -2.37. The maximum Gasteiger partial charge on any atom is 0.168 e. The molecule has 1 aromatic rings. The second-order valence-electron chi connectivity index (χ2n) is 5.93. The molecule has 0 aliphatic heterocycles. The van der Waals surface area contributed by atoms with Crippen molar-refractivity contribution in [2.75, 3.05) is 11.6 Å². The number of anilines is 1. The molecule has 0 spiro atoms. The third-order valence-corrected chi connectivity index (χ3v) is 5.87. The molecule has 0 bridgehead atoms. The highest BCUT2D eigenvalue weighted by atomic mass is 32.2. The van der Waals surface area contributed by atoms with Gasteiger partial charge in [-0.2, -0.15) is 0 Å². The summed E-state index contributed by atoms with van der Waals surface area (Å²) in [6.07, 6.45) is 2.44. The van der Waals surface area contributed by atoms with Crippen LogP contribution in [-0.2, 0) is 9.84 Å². The minimum atomic E-state index is -3.40. The van der Waals surface area contributed by atoms with E-state index in [1.54, 1.807) is 24.3 Å². The number of rotatable bonds is 6. The Morgan fingerprint density at radius 1 is 1.24 bits per heavy atom. The summed E-state index contributed by atoms with van der Waals surface area (Å²) in [5, 5.41) is 2.97. The van der Waals surface area contributed by atoms with E-state index in [1.165, 1.54) is 19.9 Å². The molecule has 0 saturated carbocycles. The first-order chi connectivity index (χ1) is 11.3. The molecule has 1 rings (SSSR count). The van der Waals surface area contributed by atoms with Gasteiger partial charge in [-0.1, -0.05) is 18.7 Å². The molecule has 0 amide bonds. The van der Waals surface area contributed by atoms with E-state index < -0.39 is 14.6 Å². The molecule has 0 atom stereocenters. The van der Waals surface area contributed by atoms with Crippen LogP contribution >= 0.6 is 12.2 Å². The summed E-state index contributed by atoms with van der Waals surface area (Å²) in [7, 11) is -3.40. The van der Waals surface area contributed by atoms with Gasteiger partial charge in [-0.15, -0.1) is 0 Å². The number of hydrogen-bond donors (Lipinski definition) is 4. The zero-order chi connectivity index (χ0) is 19.4. The number of nitrogens with two attached hydrogens (primary N) is 3. The molecule has 136 valence electrons. The summed E-state index contributed by atoms with van der Waals surface area (Å²) in [6, 6.07) is 7.07. The van der Waals surface area contributed by atoms with Crippen LogP contribution in [0.5, 0.6) is 0 Å². The number of benzene rings is 1. The van der Waals surface area contributed by atoms with Crippen molar-refractivity contribution < 1.29 is 8.42 Å². The number of sulfone groups is 1. The van der Waals surface area contributed by atoms with E-state index in [0.29, 0.717) is 5.70 Å². The number of amidine groups is 1. The van der Waals surface area contributed by atoms with Crippen LogP contribution in [0.4, 0.5) is 5.69 Å². The second kappa shape index (κ2) is 7.66. The lowest BCUT2D eigenvalue weighted by atomic mass is 10.1. The molecule has 0 aliphatic carbocycles. The van der Waals surface area contributed by atoms with E-state index in [9.17, 15) is 8.42 Å². The molecular weight excluding hydrogens is 358 g/mol. The van der Waals surface area contributed by atoms with Crippen LogP contribution < -0.4 is 22.5 Å². The molecule has 0 aromatic heterocycles. The Hall–Kier alpha value is -2.39. The molecule has 0 fully saturated rings. The highest BCUT2D eigenvalue weighted by Gasteiger charge is 2.33. The second-order valence-corrected chi connectivity index (χ2v) is 8.94. The van der Waals surface area contributed by atoms with Crippen molar-refractivity contribution in [3.05, 3.63) is 48.2 Å². The molecule has 0 aliphatic rings. The first-order valence-electron chi connectivity index (χ1n) is 7.22. The molecule has 7 N–H and O–H groups in total. The summed E-state index contributed by atoms with van der Waals surface area (Å²) in [5.41, 5.74) is 19.1. The normalized spacial score (nSPS) is 13.4. The molecule has 7 nitrogen and oxygen atoms in total. The topological polar surface area (TPSA) is 137 Å². The number of nitrogens with zero attached hydrogens (tertiary/aromatic N) is 1. The average Bonchev–Trinajstić information content (AvgIpc) is 2.45. The van der Waals surface area contributed by atoms with Gasteiger partial charge in [0.25, 0.3) is 0 Å². The predicted molar refractivity (Wildman–Crippen MR) is 109 cm³/mol. The summed E-state index contributed by atoms with van der Waals surface area (Å²) < 4.78 is 22.3. The van der Waals surface area contributed by atoms with Crippen molar-refractivity contribution >= 4 is 44.4 Å². The van der Waals surface area contributed by atoms with Crippen LogP contribution in [0.15, 0.2) is 47.6 Å². The van der Waals surface area contributed by atoms with E-state index >= 15 is 0 Å². The van der Waals surface area contributed by atoms with Gasteiger partial charge in [0.05, 0.1) is 5.70 Å². The highest BCUT2D eigenvalue weighted by molar-refractivity contribution is 7.92. The monoisotopic (exact) mass is 381 g/mol. The molecule has 0 heterocycles. The molecule has 0 unspecified atom stereocenters. The van der Waals surface area contributed by atoms with Gasteiger partial charge in [0.2, 0.25) is 0 Å². The Morgan fingerprint density at radius 3 is 2.20 bits per heavy atom. The summed E-state index contributed by atoms with van der Waals surface area (Å²) in [5.74, 6) is 0.0598. The van der Waals surface area contributed by atoms with Crippen LogP contribution in [0.1, 0.15) is 19.4 Å². The molecule has 0 saturated heterocycles. The smallest absolute Gasteiger partial charge is 0.168 e. The largest absolute Gasteiger partial charge is 0.401 e. The van der Waals surface area contributed by atoms with Crippen molar-refractivity contribution in [3.63, 3.8) is 0 Å². The maximum absolute atomic E-state index is 11.8. The molecular formula is C16H23N5O2S2. The van der Waals surface area contributed by atoms with Gasteiger partial charge in [-0.3, -0.25) is 0 Å². The number of thiocarbonyl (C=S) groups is 1. The van der Waals surface area contributed by atoms with Gasteiger partial charge in [-0.05, 0) is 43.8 Å². The van der Waals surface area contributed by atoms with E-state index in [0.717, 1.165) is 17.5 Å². The summed E-state index contributed by atoms with van der Waals surface area (Å²) in [4.78, 5) is 4.15. The Morgan fingerprint density at radius 2 is 1.76 bits per heavy atom. The molecule has 1 aromatic carbocycles. The van der Waals surface area contributed by atoms with Crippen LogP contribution in [0, 0.1) is 0 Å². The lowest BCUT2D eigenvalue weighted by Gasteiger charge is -2.22. The van der Waals surface area contributed by atoms with E-state index in [-0.39, 0.29) is 16.6 Å².